The Kier molecular flexibility index (Phi) is 8.74. The number of carbonyl (C=O) groups excluding carboxylic acids is 1. The number of hydrogen-bond donors (Lipinski definition) is 1. The van der Waals surface area contributed by atoms with Crippen molar-refractivity contribution in [1.29, 1.82) is 0 Å². The maximum Gasteiger partial charge on any atom is 0.438 e. The van der Waals surface area contributed by atoms with E-state index >= 15 is 13.6 Å². The minimum atomic E-state index is -0.851. The van der Waals surface area contributed by atoms with Crippen LogP contribution >= 0.6 is 0 Å². The quantitative estimate of drug-likeness (QED) is 0.169. The first-order valence-electron chi connectivity index (χ1n) is 22.5. The second-order valence-electron chi connectivity index (χ2n) is 19.3. The lowest BCUT2D eigenvalue weighted by molar-refractivity contribution is -0.0592. The molecule has 3 aromatic carbocycles. The molecule has 2 saturated heterocycles. The third kappa shape index (κ3) is 5.90. The summed E-state index contributed by atoms with van der Waals surface area (Å²) in [6.07, 6.45) is 9.89. The maximum atomic E-state index is 16.2. The Balaban J connectivity index is 1.02. The molecule has 1 N–H and O–H groups in total. The normalized spacial score (nSPS) is 23.2. The Morgan fingerprint density at radius 3 is 2.41 bits per heavy atom. The molecule has 66 heavy (non-hydrogen) atoms. The van der Waals surface area contributed by atoms with Crippen molar-refractivity contribution in [3.8, 4) is 17.2 Å². The number of fused-ring (bicyclic) bond motifs is 6. The van der Waals surface area contributed by atoms with Crippen molar-refractivity contribution in [3.05, 3.63) is 145 Å². The van der Waals surface area contributed by atoms with Crippen LogP contribution in [-0.4, -0.2) is 72.9 Å². The first kappa shape index (κ1) is 40.5. The molecule has 17 heteroatoms. The van der Waals surface area contributed by atoms with Crippen LogP contribution < -0.4 is 11.4 Å². The highest BCUT2D eigenvalue weighted by molar-refractivity contribution is 6.00. The van der Waals surface area contributed by atoms with E-state index in [1.54, 1.807) is 42.9 Å². The molecule has 3 fully saturated rings. The van der Waals surface area contributed by atoms with Crippen LogP contribution in [0.1, 0.15) is 109 Å². The highest BCUT2D eigenvalue weighted by Crippen LogP contribution is 2.57. The van der Waals surface area contributed by atoms with E-state index in [-0.39, 0.29) is 46.3 Å². The predicted molar refractivity (Wildman–Crippen MR) is 239 cm³/mol. The Bertz CT molecular complexity index is 3440. The Morgan fingerprint density at radius 1 is 0.894 bits per heavy atom. The Labute approximate surface area is 375 Å². The van der Waals surface area contributed by atoms with E-state index in [1.165, 1.54) is 39.4 Å². The van der Waals surface area contributed by atoms with Gasteiger partial charge in [-0.25, -0.2) is 23.1 Å². The topological polar surface area (TPSA) is 164 Å². The molecule has 8 aromatic rings. The third-order valence-corrected chi connectivity index (χ3v) is 14.8. The minimum Gasteiger partial charge on any atom is -0.376 e. The summed E-state index contributed by atoms with van der Waals surface area (Å²) in [5.41, 5.74) is 3.55. The number of nitrogens with zero attached hydrogens (tertiary/aromatic N) is 9. The smallest absolute Gasteiger partial charge is 0.376 e. The zero-order valence-electron chi connectivity index (χ0n) is 37.0. The first-order chi connectivity index (χ1) is 31.7. The maximum absolute atomic E-state index is 16.2. The van der Waals surface area contributed by atoms with Gasteiger partial charge in [-0.3, -0.25) is 23.4 Å². The molecule has 336 valence electrons. The molecule has 2 bridgehead atoms. The number of carbonyl (C=O) groups is 1. The average Bonchev–Trinajstić information content (AvgIpc) is 3.89. The molecule has 0 spiro atoms. The fraction of sp³-hybridized carbons (Fsp3) is 0.367. The van der Waals surface area contributed by atoms with E-state index in [0.717, 1.165) is 23.7 Å². The highest BCUT2D eigenvalue weighted by atomic mass is 19.1. The van der Waals surface area contributed by atoms with E-state index in [2.05, 4.69) is 63.9 Å². The van der Waals surface area contributed by atoms with Gasteiger partial charge >= 0.3 is 11.4 Å². The van der Waals surface area contributed by atoms with Crippen LogP contribution in [0.3, 0.4) is 0 Å². The monoisotopic (exact) mass is 892 g/mol. The summed E-state index contributed by atoms with van der Waals surface area (Å²) >= 11 is 0. The van der Waals surface area contributed by atoms with Crippen molar-refractivity contribution < 1.29 is 22.8 Å². The summed E-state index contributed by atoms with van der Waals surface area (Å²) < 4.78 is 48.9. The Hall–Kier alpha value is -7.01. The number of hydrogen-bond acceptors (Lipinski definition) is 9. The molecule has 0 radical (unpaired) electrons. The van der Waals surface area contributed by atoms with E-state index < -0.39 is 28.8 Å². The number of aromatic amines is 1. The predicted octanol–water partition coefficient (Wildman–Crippen LogP) is 7.64. The van der Waals surface area contributed by atoms with Crippen molar-refractivity contribution in [1.82, 2.24) is 48.7 Å². The lowest BCUT2D eigenvalue weighted by Crippen LogP contribution is -2.43. The lowest BCUT2D eigenvalue weighted by Gasteiger charge is -2.36. The lowest BCUT2D eigenvalue weighted by atomic mass is 9.83. The van der Waals surface area contributed by atoms with Gasteiger partial charge in [-0.05, 0) is 125 Å². The van der Waals surface area contributed by atoms with Gasteiger partial charge in [0.2, 0.25) is 0 Å². The van der Waals surface area contributed by atoms with E-state index in [4.69, 9.17) is 14.4 Å². The van der Waals surface area contributed by atoms with Gasteiger partial charge in [0.15, 0.2) is 11.6 Å². The van der Waals surface area contributed by atoms with Gasteiger partial charge in [0.05, 0.1) is 41.1 Å². The summed E-state index contributed by atoms with van der Waals surface area (Å²) in [5, 5.41) is 18.7. The van der Waals surface area contributed by atoms with Crippen molar-refractivity contribution >= 4 is 27.6 Å². The standard InChI is InChI=1S/C49H46F2N10O5/c1-25-16-33(17-26(2)41(25)50)61-43(58-14-13-57(47(58)64)38-10-7-30-23-52-53-24-34(30)42(38)51)40-35(55-61)20-32-8-11-37(40)59(32)44(62)39-19-31-18-28(29-12-15-65-48(4,5)22-29)6-9-36(31)60(39)49(21-27(49)3)45-54-46(63)66-56-45/h6-7,9-10,13-14,16-19,23-24,27,29,32,37H,8,11-12,15,20-22H2,1-5H3,(H,54,56,63)/t27-,29-,32+,37-,49-/m0/s1. The van der Waals surface area contributed by atoms with E-state index in [0.29, 0.717) is 83.1 Å². The van der Waals surface area contributed by atoms with Gasteiger partial charge in [-0.2, -0.15) is 15.3 Å². The molecule has 5 atom stereocenters. The number of amides is 1. The van der Waals surface area contributed by atoms with Crippen molar-refractivity contribution in [2.24, 2.45) is 5.92 Å². The van der Waals surface area contributed by atoms with Gasteiger partial charge in [0, 0.05) is 58.7 Å². The van der Waals surface area contributed by atoms with Crippen LogP contribution in [0.25, 0.3) is 38.9 Å². The first-order valence-corrected chi connectivity index (χ1v) is 22.5. The zero-order valence-corrected chi connectivity index (χ0v) is 37.0. The highest BCUT2D eigenvalue weighted by Gasteiger charge is 2.59. The summed E-state index contributed by atoms with van der Waals surface area (Å²) in [5.74, 6) is -0.835. The minimum absolute atomic E-state index is 0.00443. The largest absolute Gasteiger partial charge is 0.438 e. The molecule has 1 amide bonds. The second-order valence-corrected chi connectivity index (χ2v) is 19.3. The molecule has 0 unspecified atom stereocenters. The fourth-order valence-electron chi connectivity index (χ4n) is 11.5. The Morgan fingerprint density at radius 2 is 1.67 bits per heavy atom. The number of nitrogens with one attached hydrogen (secondary N) is 1. The zero-order chi connectivity index (χ0) is 45.6. The van der Waals surface area contributed by atoms with Crippen molar-refractivity contribution in [3.63, 3.8) is 0 Å². The molecule has 1 aliphatic carbocycles. The van der Waals surface area contributed by atoms with Crippen molar-refractivity contribution in [2.75, 3.05) is 6.61 Å². The van der Waals surface area contributed by atoms with Gasteiger partial charge in [-0.1, -0.05) is 24.2 Å². The molecular formula is C49H46F2N10O5. The fourth-order valence-corrected chi connectivity index (χ4v) is 11.5. The van der Waals surface area contributed by atoms with Crippen LogP contribution in [0.2, 0.25) is 0 Å². The van der Waals surface area contributed by atoms with Gasteiger partial charge in [-0.15, -0.1) is 0 Å². The molecule has 15 nitrogen and oxygen atoms in total. The number of imidazole rings is 1. The summed E-state index contributed by atoms with van der Waals surface area (Å²) in [6, 6.07) is 14.2. The number of benzene rings is 3. The molecule has 12 rings (SSSR count). The molecule has 4 aliphatic rings. The number of aromatic nitrogens is 9. The van der Waals surface area contributed by atoms with Gasteiger partial charge in [0.1, 0.15) is 22.9 Å². The van der Waals surface area contributed by atoms with E-state index in [9.17, 15) is 9.59 Å². The number of aryl methyl sites for hydroxylation is 2. The SMILES string of the molecule is Cc1cc(-n2nc3c(c2-n2ccn(-c4ccc5cnncc5c4F)c2=O)[C@@H]2CC[C@H](C3)N2C(=O)c2cc3cc([C@H]4CCOC(C)(C)C4)ccc3n2[C@@]2(c3noc(=O)[nH]3)C[C@@H]2C)cc(C)c1F. The number of ether oxygens (including phenoxy) is 1. The number of halogens is 2. The van der Waals surface area contributed by atoms with Crippen LogP contribution in [0.4, 0.5) is 8.78 Å². The molecule has 5 aromatic heterocycles. The second kappa shape index (κ2) is 14.2. The molecule has 8 heterocycles. The average molecular weight is 893 g/mol. The van der Waals surface area contributed by atoms with Crippen LogP contribution in [0.5, 0.6) is 0 Å². The van der Waals surface area contributed by atoms with Crippen LogP contribution in [0.15, 0.2) is 87.4 Å². The third-order valence-electron chi connectivity index (χ3n) is 14.8. The summed E-state index contributed by atoms with van der Waals surface area (Å²) in [7, 11) is 0. The number of rotatable bonds is 7. The van der Waals surface area contributed by atoms with Crippen LogP contribution in [-0.2, 0) is 16.7 Å². The van der Waals surface area contributed by atoms with Gasteiger partial charge in [0.25, 0.3) is 5.91 Å². The summed E-state index contributed by atoms with van der Waals surface area (Å²) in [6.45, 7) is 10.3. The van der Waals surface area contributed by atoms with E-state index in [1.807, 2.05) is 11.0 Å². The molecule has 1 saturated carbocycles. The number of H-pyrrole nitrogens is 1. The molecule has 3 aliphatic heterocycles. The van der Waals surface area contributed by atoms with Gasteiger partial charge < -0.3 is 14.2 Å². The van der Waals surface area contributed by atoms with Crippen LogP contribution in [0, 0.1) is 31.4 Å². The summed E-state index contributed by atoms with van der Waals surface area (Å²) in [4.78, 5) is 47.8. The molecular weight excluding hydrogens is 847 g/mol. The van der Waals surface area contributed by atoms with Crippen molar-refractivity contribution in [2.45, 2.75) is 102 Å².